The molecule has 0 amide bonds. The van der Waals surface area contributed by atoms with Gasteiger partial charge in [0.25, 0.3) is 0 Å². The molecule has 0 aliphatic heterocycles. The van der Waals surface area contributed by atoms with Crippen LogP contribution >= 0.6 is 0 Å². The van der Waals surface area contributed by atoms with Gasteiger partial charge in [0.2, 0.25) is 0 Å². The molecule has 2 aromatic rings. The molecule has 1 aliphatic rings. The topological polar surface area (TPSA) is 15.8 Å². The highest BCUT2D eigenvalue weighted by Gasteiger charge is 2.19. The van der Waals surface area contributed by atoms with Crippen molar-refractivity contribution in [3.8, 4) is 11.3 Å². The van der Waals surface area contributed by atoms with Crippen LogP contribution in [0.15, 0.2) is 36.4 Å². The van der Waals surface area contributed by atoms with Crippen LogP contribution < -0.4 is 0 Å². The highest BCUT2D eigenvalue weighted by molar-refractivity contribution is 5.74. The van der Waals surface area contributed by atoms with E-state index in [4.69, 9.17) is 0 Å². The number of fused-ring (bicyclic) bond motifs is 3. The van der Waals surface area contributed by atoms with Crippen LogP contribution in [0.1, 0.15) is 33.5 Å². The number of hydrogen-bond donors (Lipinski definition) is 1. The minimum Gasteiger partial charge on any atom is -0.358 e. The van der Waals surface area contributed by atoms with E-state index in [0.29, 0.717) is 0 Å². The lowest BCUT2D eigenvalue weighted by Crippen LogP contribution is -1.86. The Balaban J connectivity index is 2.36. The fraction of sp³-hybridized carbons (Fsp3) is 0.263. The lowest BCUT2D eigenvalue weighted by molar-refractivity contribution is 1.18. The fourth-order valence-electron chi connectivity index (χ4n) is 3.01. The van der Waals surface area contributed by atoms with E-state index in [2.05, 4.69) is 69.1 Å². The summed E-state index contributed by atoms with van der Waals surface area (Å²) in [6.07, 6.45) is 1.03. The van der Waals surface area contributed by atoms with E-state index in [1.807, 2.05) is 0 Å². The van der Waals surface area contributed by atoms with Gasteiger partial charge in [-0.15, -0.1) is 0 Å². The van der Waals surface area contributed by atoms with Crippen molar-refractivity contribution in [3.05, 3.63) is 69.9 Å². The molecule has 1 N–H and O–H groups in total. The first-order valence-electron chi connectivity index (χ1n) is 7.18. The third kappa shape index (κ3) is 2.24. The molecule has 0 radical (unpaired) electrons. The van der Waals surface area contributed by atoms with Crippen LogP contribution in [0, 0.1) is 27.7 Å². The molecule has 1 aliphatic carbocycles. The first-order chi connectivity index (χ1) is 9.54. The first kappa shape index (κ1) is 13.0. The Kier molecular flexibility index (Phi) is 3.13. The van der Waals surface area contributed by atoms with Crippen molar-refractivity contribution < 1.29 is 0 Å². The van der Waals surface area contributed by atoms with Crippen molar-refractivity contribution in [2.24, 2.45) is 0 Å². The molecule has 0 bridgehead atoms. The molecule has 0 saturated carbocycles. The van der Waals surface area contributed by atoms with Gasteiger partial charge < -0.3 is 4.98 Å². The van der Waals surface area contributed by atoms with E-state index in [1.165, 1.54) is 44.8 Å². The van der Waals surface area contributed by atoms with Crippen molar-refractivity contribution in [1.82, 2.24) is 4.98 Å². The predicted molar refractivity (Wildman–Crippen MR) is 85.6 cm³/mol. The second-order valence-corrected chi connectivity index (χ2v) is 5.90. The average molecular weight is 263 g/mol. The molecule has 0 atom stereocenters. The lowest BCUT2D eigenvalue weighted by Gasteiger charge is -2.02. The van der Waals surface area contributed by atoms with Crippen LogP contribution in [0.5, 0.6) is 0 Å². The Morgan fingerprint density at radius 1 is 0.850 bits per heavy atom. The number of hydrogen-bond acceptors (Lipinski definition) is 0. The number of rotatable bonds is 0. The Hall–Kier alpha value is -2.02. The molecule has 20 heavy (non-hydrogen) atoms. The third-order valence-electron chi connectivity index (χ3n) is 4.04. The maximum absolute atomic E-state index is 3.60. The van der Waals surface area contributed by atoms with Crippen molar-refractivity contribution in [1.29, 1.82) is 0 Å². The number of H-pyrrole nitrogens is 1. The molecule has 0 fully saturated rings. The van der Waals surface area contributed by atoms with Crippen LogP contribution in [0.25, 0.3) is 11.3 Å². The smallest absolute Gasteiger partial charge is 0.0496 e. The van der Waals surface area contributed by atoms with Crippen LogP contribution in [0.3, 0.4) is 0 Å². The van der Waals surface area contributed by atoms with Crippen LogP contribution in [0.4, 0.5) is 0 Å². The molecule has 1 heteroatoms. The van der Waals surface area contributed by atoms with Crippen molar-refractivity contribution >= 4 is 0 Å². The number of aryl methyl sites for hydroxylation is 4. The Bertz CT molecular complexity index is 734. The molecule has 1 heterocycles. The van der Waals surface area contributed by atoms with E-state index >= 15 is 0 Å². The largest absolute Gasteiger partial charge is 0.358 e. The first-order valence-corrected chi connectivity index (χ1v) is 7.18. The summed E-state index contributed by atoms with van der Waals surface area (Å²) in [5.74, 6) is 0. The highest BCUT2D eigenvalue weighted by Crippen LogP contribution is 2.36. The van der Waals surface area contributed by atoms with Crippen molar-refractivity contribution in [3.63, 3.8) is 0 Å². The minimum absolute atomic E-state index is 1.03. The third-order valence-corrected chi connectivity index (χ3v) is 4.04. The summed E-state index contributed by atoms with van der Waals surface area (Å²) in [4.78, 5) is 3.60. The number of nitrogens with one attached hydrogen (secondary N) is 1. The van der Waals surface area contributed by atoms with Gasteiger partial charge in [0.15, 0.2) is 0 Å². The highest BCUT2D eigenvalue weighted by atomic mass is 14.7. The van der Waals surface area contributed by atoms with Crippen LogP contribution in [-0.2, 0) is 6.42 Å². The van der Waals surface area contributed by atoms with Crippen LogP contribution in [-0.4, -0.2) is 4.98 Å². The Morgan fingerprint density at radius 3 is 2.35 bits per heavy atom. The number of benzene rings is 1. The predicted octanol–water partition coefficient (Wildman–Crippen LogP) is 4.94. The van der Waals surface area contributed by atoms with Gasteiger partial charge in [0.1, 0.15) is 0 Å². The standard InChI is InChI=1S/C19H21N/c1-12-5-7-15(4)20-19-17-8-6-13(2)10-16(17)11-18(19)14(3)9-12/h5-10,20H,11H2,1-4H3. The Morgan fingerprint density at radius 2 is 1.55 bits per heavy atom. The van der Waals surface area contributed by atoms with Gasteiger partial charge in [-0.2, -0.15) is 0 Å². The SMILES string of the molecule is Cc1ccc(C)[nH]c2c(c(C)c1)Cc1cc(C)ccc1-2. The summed E-state index contributed by atoms with van der Waals surface area (Å²) in [6.45, 7) is 8.66. The van der Waals surface area contributed by atoms with E-state index in [9.17, 15) is 0 Å². The molecule has 0 spiro atoms. The molecule has 0 unspecified atom stereocenters. The monoisotopic (exact) mass is 263 g/mol. The molecular weight excluding hydrogens is 242 g/mol. The second kappa shape index (κ2) is 4.82. The van der Waals surface area contributed by atoms with E-state index < -0.39 is 0 Å². The quantitative estimate of drug-likeness (QED) is 0.591. The second-order valence-electron chi connectivity index (χ2n) is 5.90. The van der Waals surface area contributed by atoms with Gasteiger partial charge in [-0.3, -0.25) is 0 Å². The zero-order valence-corrected chi connectivity index (χ0v) is 12.7. The van der Waals surface area contributed by atoms with Crippen molar-refractivity contribution in [2.45, 2.75) is 34.1 Å². The summed E-state index contributed by atoms with van der Waals surface area (Å²) < 4.78 is 0. The molecular formula is C19H21N. The van der Waals surface area contributed by atoms with Gasteiger partial charge in [-0.1, -0.05) is 41.5 Å². The summed E-state index contributed by atoms with van der Waals surface area (Å²) >= 11 is 0. The fourth-order valence-corrected chi connectivity index (χ4v) is 3.01. The number of aromatic amines is 1. The van der Waals surface area contributed by atoms with Gasteiger partial charge in [0.05, 0.1) is 0 Å². The van der Waals surface area contributed by atoms with Gasteiger partial charge in [-0.05, 0) is 50.5 Å². The minimum atomic E-state index is 1.03. The van der Waals surface area contributed by atoms with E-state index in [-0.39, 0.29) is 0 Å². The molecule has 1 nitrogen and oxygen atoms in total. The zero-order valence-electron chi connectivity index (χ0n) is 12.7. The van der Waals surface area contributed by atoms with Gasteiger partial charge in [-0.25, -0.2) is 0 Å². The van der Waals surface area contributed by atoms with Crippen molar-refractivity contribution in [2.75, 3.05) is 0 Å². The summed E-state index contributed by atoms with van der Waals surface area (Å²) in [5, 5.41) is 0. The summed E-state index contributed by atoms with van der Waals surface area (Å²) in [6, 6.07) is 13.4. The molecule has 1 aromatic carbocycles. The zero-order chi connectivity index (χ0) is 14.3. The van der Waals surface area contributed by atoms with Gasteiger partial charge >= 0.3 is 0 Å². The lowest BCUT2D eigenvalue weighted by atomic mass is 10.1. The molecule has 102 valence electrons. The van der Waals surface area contributed by atoms with E-state index in [0.717, 1.165) is 6.42 Å². The summed E-state index contributed by atoms with van der Waals surface area (Å²) in [5.41, 5.74) is 10.7. The Labute approximate surface area is 121 Å². The van der Waals surface area contributed by atoms with Gasteiger partial charge in [0, 0.05) is 23.4 Å². The maximum Gasteiger partial charge on any atom is 0.0496 e. The molecule has 0 saturated heterocycles. The normalized spacial score (nSPS) is 11.8. The molecule has 3 rings (SSSR count). The summed E-state index contributed by atoms with van der Waals surface area (Å²) in [7, 11) is 0. The van der Waals surface area contributed by atoms with Crippen LogP contribution in [0.2, 0.25) is 0 Å². The maximum atomic E-state index is 3.60. The van der Waals surface area contributed by atoms with E-state index in [1.54, 1.807) is 0 Å². The average Bonchev–Trinajstić information content (AvgIpc) is 2.75. The number of aromatic nitrogens is 1. The molecule has 1 aromatic heterocycles.